The van der Waals surface area contributed by atoms with E-state index in [4.69, 9.17) is 11.6 Å². The molecule has 0 spiro atoms. The van der Waals surface area contributed by atoms with Crippen molar-refractivity contribution in [3.05, 3.63) is 59.1 Å². The van der Waals surface area contributed by atoms with Crippen LogP contribution in [0.25, 0.3) is 0 Å². The third-order valence-electron chi connectivity index (χ3n) is 4.57. The molecule has 0 aromatic heterocycles. The first-order valence-corrected chi connectivity index (χ1v) is 11.9. The van der Waals surface area contributed by atoms with E-state index in [2.05, 4.69) is 0 Å². The first-order valence-electron chi connectivity index (χ1n) is 8.19. The van der Waals surface area contributed by atoms with E-state index in [0.29, 0.717) is 5.69 Å². The van der Waals surface area contributed by atoms with Gasteiger partial charge in [0.2, 0.25) is 0 Å². The molecule has 1 aliphatic heterocycles. The van der Waals surface area contributed by atoms with Gasteiger partial charge in [-0.1, -0.05) is 29.8 Å². The van der Waals surface area contributed by atoms with Crippen LogP contribution in [-0.2, 0) is 19.7 Å². The predicted octanol–water partition coefficient (Wildman–Crippen LogP) is 2.58. The molecule has 0 aliphatic carbocycles. The molecule has 27 heavy (non-hydrogen) atoms. The van der Waals surface area contributed by atoms with E-state index in [0.717, 1.165) is 0 Å². The molecule has 1 heterocycles. The maximum atomic E-state index is 12.8. The van der Waals surface area contributed by atoms with Crippen molar-refractivity contribution in [3.8, 4) is 0 Å². The summed E-state index contributed by atoms with van der Waals surface area (Å²) in [5, 5.41) is -0.876. The standard InChI is InChI=1S/C18H18ClNO5S2/c1-20(13-5-3-2-4-6-13)18(21)16-11-14(7-8-17(16)19)27(24,25)15-9-10-26(22,23)12-15/h2-8,11,15H,9-10,12H2,1H3. The summed E-state index contributed by atoms with van der Waals surface area (Å²) in [6, 6.07) is 12.8. The van der Waals surface area contributed by atoms with Gasteiger partial charge in [0.1, 0.15) is 0 Å². The van der Waals surface area contributed by atoms with Gasteiger partial charge in [-0.2, -0.15) is 0 Å². The van der Waals surface area contributed by atoms with Crippen molar-refractivity contribution in [1.82, 2.24) is 0 Å². The molecule has 0 bridgehead atoms. The van der Waals surface area contributed by atoms with Crippen LogP contribution in [0.5, 0.6) is 0 Å². The molecule has 1 aliphatic rings. The van der Waals surface area contributed by atoms with Crippen molar-refractivity contribution in [2.75, 3.05) is 23.5 Å². The van der Waals surface area contributed by atoms with Crippen molar-refractivity contribution in [2.45, 2.75) is 16.6 Å². The highest BCUT2D eigenvalue weighted by Crippen LogP contribution is 2.29. The summed E-state index contributed by atoms with van der Waals surface area (Å²) in [4.78, 5) is 14.1. The van der Waals surface area contributed by atoms with Gasteiger partial charge in [-0.25, -0.2) is 16.8 Å². The van der Waals surface area contributed by atoms with Gasteiger partial charge >= 0.3 is 0 Å². The number of sulfone groups is 2. The molecular formula is C18H18ClNO5S2. The summed E-state index contributed by atoms with van der Waals surface area (Å²) in [7, 11) is -5.66. The van der Waals surface area contributed by atoms with E-state index in [9.17, 15) is 21.6 Å². The van der Waals surface area contributed by atoms with Gasteiger partial charge in [0.05, 0.1) is 32.2 Å². The molecule has 2 aromatic rings. The molecule has 0 N–H and O–H groups in total. The van der Waals surface area contributed by atoms with E-state index in [-0.39, 0.29) is 27.7 Å². The number of carbonyl (C=O) groups excluding carboxylic acids is 1. The van der Waals surface area contributed by atoms with Gasteiger partial charge in [-0.15, -0.1) is 0 Å². The first-order chi connectivity index (χ1) is 12.6. The number of para-hydroxylation sites is 1. The Balaban J connectivity index is 1.96. The number of hydrogen-bond donors (Lipinski definition) is 0. The van der Waals surface area contributed by atoms with Gasteiger partial charge in [0.15, 0.2) is 19.7 Å². The first kappa shape index (κ1) is 19.9. The summed E-state index contributed by atoms with van der Waals surface area (Å²) in [6.07, 6.45) is 0.0560. The Morgan fingerprint density at radius 2 is 1.81 bits per heavy atom. The van der Waals surface area contributed by atoms with Crippen molar-refractivity contribution in [1.29, 1.82) is 0 Å². The number of nitrogens with zero attached hydrogens (tertiary/aromatic N) is 1. The lowest BCUT2D eigenvalue weighted by atomic mass is 10.2. The minimum atomic E-state index is -3.88. The van der Waals surface area contributed by atoms with Crippen molar-refractivity contribution < 1.29 is 21.6 Å². The van der Waals surface area contributed by atoms with Gasteiger partial charge in [-0.3, -0.25) is 4.79 Å². The Morgan fingerprint density at radius 3 is 2.41 bits per heavy atom. The van der Waals surface area contributed by atoms with Crippen LogP contribution in [0.2, 0.25) is 5.02 Å². The predicted molar refractivity (Wildman–Crippen MR) is 105 cm³/mol. The lowest BCUT2D eigenvalue weighted by Gasteiger charge is -2.19. The number of rotatable bonds is 4. The molecular weight excluding hydrogens is 410 g/mol. The summed E-state index contributed by atoms with van der Waals surface area (Å²) in [5.41, 5.74) is 0.679. The Labute approximate surface area is 163 Å². The average molecular weight is 428 g/mol. The maximum Gasteiger partial charge on any atom is 0.259 e. The third kappa shape index (κ3) is 4.02. The number of halogens is 1. The second-order valence-corrected chi connectivity index (χ2v) is 11.3. The van der Waals surface area contributed by atoms with E-state index in [1.54, 1.807) is 31.3 Å². The summed E-state index contributed by atoms with van der Waals surface area (Å²) in [5.74, 6) is -1.000. The van der Waals surface area contributed by atoms with Crippen LogP contribution in [0.3, 0.4) is 0 Å². The number of hydrogen-bond acceptors (Lipinski definition) is 5. The van der Waals surface area contributed by atoms with Crippen LogP contribution in [0.1, 0.15) is 16.8 Å². The number of benzene rings is 2. The zero-order valence-corrected chi connectivity index (χ0v) is 16.9. The largest absolute Gasteiger partial charge is 0.311 e. The van der Waals surface area contributed by atoms with E-state index < -0.39 is 36.6 Å². The topological polar surface area (TPSA) is 88.6 Å². The highest BCUT2D eigenvalue weighted by Gasteiger charge is 2.38. The lowest BCUT2D eigenvalue weighted by Crippen LogP contribution is -2.27. The van der Waals surface area contributed by atoms with Crippen molar-refractivity contribution >= 4 is 42.9 Å². The molecule has 1 saturated heterocycles. The lowest BCUT2D eigenvalue weighted by molar-refractivity contribution is 0.0993. The van der Waals surface area contributed by atoms with Crippen LogP contribution in [0.4, 0.5) is 5.69 Å². The Hall–Kier alpha value is -1.90. The van der Waals surface area contributed by atoms with Crippen LogP contribution in [0, 0.1) is 0 Å². The molecule has 9 heteroatoms. The molecule has 2 aromatic carbocycles. The summed E-state index contributed by atoms with van der Waals surface area (Å²) >= 11 is 6.14. The summed E-state index contributed by atoms with van der Waals surface area (Å²) < 4.78 is 48.9. The highest BCUT2D eigenvalue weighted by atomic mass is 35.5. The molecule has 0 saturated carbocycles. The molecule has 0 radical (unpaired) electrons. The SMILES string of the molecule is CN(C(=O)c1cc(S(=O)(=O)C2CCS(=O)(=O)C2)ccc1Cl)c1ccccc1. The second kappa shape index (κ2) is 7.26. The van der Waals surface area contributed by atoms with E-state index in [1.807, 2.05) is 6.07 Å². The van der Waals surface area contributed by atoms with Gasteiger partial charge in [0.25, 0.3) is 5.91 Å². The molecule has 1 amide bonds. The van der Waals surface area contributed by atoms with Crippen LogP contribution in [0.15, 0.2) is 53.4 Å². The average Bonchev–Trinajstić information content (AvgIpc) is 3.02. The van der Waals surface area contributed by atoms with Gasteiger partial charge in [0, 0.05) is 12.7 Å². The number of amides is 1. The van der Waals surface area contributed by atoms with Crippen molar-refractivity contribution in [2.24, 2.45) is 0 Å². The normalized spacial score (nSPS) is 19.0. The van der Waals surface area contributed by atoms with Crippen LogP contribution in [-0.4, -0.2) is 46.5 Å². The zero-order chi connectivity index (χ0) is 19.8. The third-order valence-corrected chi connectivity index (χ3v) is 9.07. The van der Waals surface area contributed by atoms with E-state index >= 15 is 0 Å². The van der Waals surface area contributed by atoms with Crippen LogP contribution < -0.4 is 4.90 Å². The van der Waals surface area contributed by atoms with Crippen LogP contribution >= 0.6 is 11.6 Å². The van der Waals surface area contributed by atoms with Gasteiger partial charge in [-0.05, 0) is 36.8 Å². The number of carbonyl (C=O) groups is 1. The van der Waals surface area contributed by atoms with Gasteiger partial charge < -0.3 is 4.90 Å². The maximum absolute atomic E-state index is 12.8. The smallest absolute Gasteiger partial charge is 0.259 e. The minimum absolute atomic E-state index is 0.0462. The minimum Gasteiger partial charge on any atom is -0.311 e. The monoisotopic (exact) mass is 427 g/mol. The Morgan fingerprint density at radius 1 is 1.15 bits per heavy atom. The van der Waals surface area contributed by atoms with Crippen molar-refractivity contribution in [3.63, 3.8) is 0 Å². The quantitative estimate of drug-likeness (QED) is 0.748. The molecule has 3 rings (SSSR count). The number of anilines is 1. The summed E-state index contributed by atoms with van der Waals surface area (Å²) in [6.45, 7) is 0. The molecule has 144 valence electrons. The molecule has 1 fully saturated rings. The second-order valence-electron chi connectivity index (χ2n) is 6.41. The molecule has 1 atom stereocenters. The molecule has 1 unspecified atom stereocenters. The zero-order valence-electron chi connectivity index (χ0n) is 14.5. The Kier molecular flexibility index (Phi) is 5.33. The highest BCUT2D eigenvalue weighted by molar-refractivity contribution is 7.96. The Bertz CT molecular complexity index is 1080. The fourth-order valence-electron chi connectivity index (χ4n) is 2.99. The fraction of sp³-hybridized carbons (Fsp3) is 0.278. The molecule has 6 nitrogen and oxygen atoms in total. The fourth-order valence-corrected chi connectivity index (χ4v) is 7.58. The van der Waals surface area contributed by atoms with E-state index in [1.165, 1.54) is 23.1 Å².